The van der Waals surface area contributed by atoms with Crippen molar-refractivity contribution >= 4 is 11.3 Å². The Bertz CT molecular complexity index is 500. The van der Waals surface area contributed by atoms with E-state index in [2.05, 4.69) is 5.32 Å². The molecular weight excluding hydrogens is 266 g/mol. The van der Waals surface area contributed by atoms with Gasteiger partial charge in [-0.05, 0) is 23.1 Å². The number of hydrogen-bond acceptors (Lipinski definition) is 3. The van der Waals surface area contributed by atoms with E-state index in [0.29, 0.717) is 13.1 Å². The first-order valence-electron chi connectivity index (χ1n) is 6.04. The number of alkyl halides is 2. The van der Waals surface area contributed by atoms with Crippen LogP contribution in [0.1, 0.15) is 28.5 Å². The Balaban J connectivity index is 2.06. The van der Waals surface area contributed by atoms with Gasteiger partial charge in [-0.1, -0.05) is 24.3 Å². The highest BCUT2D eigenvalue weighted by molar-refractivity contribution is 7.09. The van der Waals surface area contributed by atoms with Crippen molar-refractivity contribution in [1.29, 1.82) is 0 Å². The fourth-order valence-corrected chi connectivity index (χ4v) is 2.54. The summed E-state index contributed by atoms with van der Waals surface area (Å²) in [5, 5.41) is 5.30. The quantitative estimate of drug-likeness (QED) is 0.851. The second-order valence-corrected chi connectivity index (χ2v) is 5.25. The number of thiophene rings is 1. The molecule has 1 aromatic heterocycles. The van der Waals surface area contributed by atoms with Crippen LogP contribution in [0.2, 0.25) is 0 Å². The third kappa shape index (κ3) is 3.83. The summed E-state index contributed by atoms with van der Waals surface area (Å²) in [7, 11) is 0. The van der Waals surface area contributed by atoms with Crippen LogP contribution in [0.5, 0.6) is 0 Å². The molecule has 1 heterocycles. The molecular formula is C14H16F2N2S. The minimum atomic E-state index is -2.45. The molecule has 0 amide bonds. The summed E-state index contributed by atoms with van der Waals surface area (Å²) in [6, 6.07) is 10.3. The lowest BCUT2D eigenvalue weighted by Crippen LogP contribution is -2.27. The summed E-state index contributed by atoms with van der Waals surface area (Å²) in [6.45, 7) is 1.07. The van der Waals surface area contributed by atoms with Crippen molar-refractivity contribution in [2.45, 2.75) is 19.0 Å². The Morgan fingerprint density at radius 2 is 1.95 bits per heavy atom. The zero-order chi connectivity index (χ0) is 13.7. The van der Waals surface area contributed by atoms with E-state index in [4.69, 9.17) is 5.73 Å². The largest absolute Gasteiger partial charge is 0.329 e. The van der Waals surface area contributed by atoms with Gasteiger partial charge < -0.3 is 11.1 Å². The van der Waals surface area contributed by atoms with E-state index in [-0.39, 0.29) is 11.6 Å². The molecule has 0 aliphatic heterocycles. The molecule has 102 valence electrons. The van der Waals surface area contributed by atoms with Gasteiger partial charge in [0.1, 0.15) is 0 Å². The topological polar surface area (TPSA) is 38.0 Å². The third-order valence-corrected chi connectivity index (χ3v) is 3.78. The molecule has 2 rings (SSSR count). The molecule has 3 N–H and O–H groups in total. The predicted octanol–water partition coefficient (Wildman–Crippen LogP) is 3.48. The first-order chi connectivity index (χ1) is 9.20. The van der Waals surface area contributed by atoms with Gasteiger partial charge in [0.15, 0.2) is 0 Å². The van der Waals surface area contributed by atoms with Gasteiger partial charge >= 0.3 is 0 Å². The minimum Gasteiger partial charge on any atom is -0.329 e. The van der Waals surface area contributed by atoms with Crippen molar-refractivity contribution in [3.8, 4) is 0 Å². The summed E-state index contributed by atoms with van der Waals surface area (Å²) < 4.78 is 25.3. The molecule has 0 saturated carbocycles. The average molecular weight is 282 g/mol. The van der Waals surface area contributed by atoms with Gasteiger partial charge in [0.2, 0.25) is 0 Å². The van der Waals surface area contributed by atoms with Crippen molar-refractivity contribution in [1.82, 2.24) is 5.32 Å². The predicted molar refractivity (Wildman–Crippen MR) is 74.4 cm³/mol. The second-order valence-electron chi connectivity index (χ2n) is 4.22. The SMILES string of the molecule is NCC(NCc1cccs1)c1cccc(C(F)F)c1. The summed E-state index contributed by atoms with van der Waals surface area (Å²) in [5.41, 5.74) is 6.56. The lowest BCUT2D eigenvalue weighted by molar-refractivity contribution is 0.151. The molecule has 1 aromatic carbocycles. The molecule has 0 aliphatic rings. The number of halogens is 2. The summed E-state index contributed by atoms with van der Waals surface area (Å²) in [6.07, 6.45) is -2.45. The summed E-state index contributed by atoms with van der Waals surface area (Å²) in [4.78, 5) is 1.20. The highest BCUT2D eigenvalue weighted by Crippen LogP contribution is 2.22. The van der Waals surface area contributed by atoms with E-state index in [1.165, 1.54) is 17.0 Å². The number of hydrogen-bond donors (Lipinski definition) is 2. The van der Waals surface area contributed by atoms with Crippen LogP contribution in [0.4, 0.5) is 8.78 Å². The lowest BCUT2D eigenvalue weighted by Gasteiger charge is -2.17. The molecule has 2 nitrogen and oxygen atoms in total. The Kier molecular flexibility index (Phi) is 5.01. The fourth-order valence-electron chi connectivity index (χ4n) is 1.89. The zero-order valence-electron chi connectivity index (χ0n) is 10.4. The van der Waals surface area contributed by atoms with Gasteiger partial charge in [-0.2, -0.15) is 0 Å². The summed E-state index contributed by atoms with van der Waals surface area (Å²) >= 11 is 1.66. The van der Waals surface area contributed by atoms with Crippen molar-refractivity contribution in [3.63, 3.8) is 0 Å². The number of nitrogens with two attached hydrogens (primary N) is 1. The van der Waals surface area contributed by atoms with Gasteiger partial charge in [0, 0.05) is 29.6 Å². The van der Waals surface area contributed by atoms with Crippen LogP contribution in [-0.2, 0) is 6.54 Å². The molecule has 0 spiro atoms. The molecule has 0 aliphatic carbocycles. The molecule has 0 bridgehead atoms. The Morgan fingerprint density at radius 3 is 2.58 bits per heavy atom. The molecule has 1 atom stereocenters. The van der Waals surface area contributed by atoms with Crippen LogP contribution in [0.15, 0.2) is 41.8 Å². The first kappa shape index (κ1) is 14.1. The van der Waals surface area contributed by atoms with Crippen LogP contribution < -0.4 is 11.1 Å². The molecule has 0 saturated heterocycles. The summed E-state index contributed by atoms with van der Waals surface area (Å²) in [5.74, 6) is 0. The number of nitrogens with one attached hydrogen (secondary N) is 1. The molecule has 1 unspecified atom stereocenters. The van der Waals surface area contributed by atoms with Crippen molar-refractivity contribution in [2.24, 2.45) is 5.73 Å². The Morgan fingerprint density at radius 1 is 1.16 bits per heavy atom. The van der Waals surface area contributed by atoms with Crippen molar-refractivity contribution in [2.75, 3.05) is 6.54 Å². The maximum absolute atomic E-state index is 12.7. The van der Waals surface area contributed by atoms with E-state index in [0.717, 1.165) is 5.56 Å². The highest BCUT2D eigenvalue weighted by atomic mass is 32.1. The number of rotatable bonds is 6. The number of benzene rings is 1. The smallest absolute Gasteiger partial charge is 0.263 e. The van der Waals surface area contributed by atoms with Crippen molar-refractivity contribution in [3.05, 3.63) is 57.8 Å². The molecule has 0 fully saturated rings. The zero-order valence-corrected chi connectivity index (χ0v) is 11.2. The van der Waals surface area contributed by atoms with Gasteiger partial charge in [0.25, 0.3) is 6.43 Å². The second kappa shape index (κ2) is 6.75. The average Bonchev–Trinajstić information content (AvgIpc) is 2.93. The van der Waals surface area contributed by atoms with E-state index in [1.807, 2.05) is 23.6 Å². The Hall–Kier alpha value is -1.30. The maximum atomic E-state index is 12.7. The van der Waals surface area contributed by atoms with Crippen LogP contribution in [0, 0.1) is 0 Å². The normalized spacial score (nSPS) is 12.8. The highest BCUT2D eigenvalue weighted by Gasteiger charge is 2.13. The Labute approximate surface area is 115 Å². The van der Waals surface area contributed by atoms with Crippen LogP contribution in [0.3, 0.4) is 0 Å². The van der Waals surface area contributed by atoms with E-state index in [9.17, 15) is 8.78 Å². The van der Waals surface area contributed by atoms with E-state index >= 15 is 0 Å². The van der Waals surface area contributed by atoms with Crippen LogP contribution in [0.25, 0.3) is 0 Å². The first-order valence-corrected chi connectivity index (χ1v) is 6.92. The molecule has 19 heavy (non-hydrogen) atoms. The lowest BCUT2D eigenvalue weighted by atomic mass is 10.0. The van der Waals surface area contributed by atoms with E-state index in [1.54, 1.807) is 17.4 Å². The minimum absolute atomic E-state index is 0.0360. The van der Waals surface area contributed by atoms with E-state index < -0.39 is 6.43 Å². The van der Waals surface area contributed by atoms with Crippen LogP contribution >= 0.6 is 11.3 Å². The third-order valence-electron chi connectivity index (χ3n) is 2.90. The fraction of sp³-hybridized carbons (Fsp3) is 0.286. The van der Waals surface area contributed by atoms with Crippen LogP contribution in [-0.4, -0.2) is 6.54 Å². The maximum Gasteiger partial charge on any atom is 0.263 e. The van der Waals surface area contributed by atoms with Gasteiger partial charge in [0.05, 0.1) is 0 Å². The van der Waals surface area contributed by atoms with Gasteiger partial charge in [-0.15, -0.1) is 11.3 Å². The molecule has 0 radical (unpaired) electrons. The van der Waals surface area contributed by atoms with Gasteiger partial charge in [-0.25, -0.2) is 8.78 Å². The molecule has 5 heteroatoms. The van der Waals surface area contributed by atoms with Gasteiger partial charge in [-0.3, -0.25) is 0 Å². The molecule has 2 aromatic rings. The monoisotopic (exact) mass is 282 g/mol. The van der Waals surface area contributed by atoms with Crippen molar-refractivity contribution < 1.29 is 8.78 Å². The standard InChI is InChI=1S/C14H16F2N2S/c15-14(16)11-4-1-3-10(7-11)13(8-17)18-9-12-5-2-6-19-12/h1-7,13-14,18H,8-9,17H2.